The van der Waals surface area contributed by atoms with Gasteiger partial charge in [0.25, 0.3) is 0 Å². The van der Waals surface area contributed by atoms with Gasteiger partial charge in [0.15, 0.2) is 5.96 Å². The smallest absolute Gasteiger partial charge is 0.191 e. The van der Waals surface area contributed by atoms with E-state index in [1.54, 1.807) is 23.9 Å². The van der Waals surface area contributed by atoms with E-state index in [0.717, 1.165) is 24.8 Å². The molecule has 0 bridgehead atoms. The normalized spacial score (nSPS) is 11.4. The van der Waals surface area contributed by atoms with Gasteiger partial charge >= 0.3 is 0 Å². The van der Waals surface area contributed by atoms with Gasteiger partial charge < -0.3 is 10.6 Å². The Hall–Kier alpha value is -1.23. The van der Waals surface area contributed by atoms with Crippen LogP contribution in [0.4, 0.5) is 4.39 Å². The zero-order valence-corrected chi connectivity index (χ0v) is 11.7. The molecule has 0 unspecified atom stereocenters. The van der Waals surface area contributed by atoms with Crippen LogP contribution in [-0.4, -0.2) is 31.1 Å². The van der Waals surface area contributed by atoms with Crippen molar-refractivity contribution >= 4 is 17.7 Å². The molecule has 2 N–H and O–H groups in total. The molecule has 0 radical (unpaired) electrons. The Labute approximate surface area is 112 Å². The maximum absolute atomic E-state index is 13.4. The molecule has 1 aromatic rings. The van der Waals surface area contributed by atoms with Gasteiger partial charge in [0, 0.05) is 24.4 Å². The van der Waals surface area contributed by atoms with E-state index in [9.17, 15) is 4.39 Å². The van der Waals surface area contributed by atoms with Crippen molar-refractivity contribution in [2.24, 2.45) is 4.99 Å². The first-order valence-corrected chi connectivity index (χ1v) is 7.41. The first kappa shape index (κ1) is 14.8. The van der Waals surface area contributed by atoms with Gasteiger partial charge in [0.1, 0.15) is 5.82 Å². The van der Waals surface area contributed by atoms with Crippen LogP contribution >= 0.6 is 11.8 Å². The second kappa shape index (κ2) is 8.80. The molecule has 0 aliphatic heterocycles. The van der Waals surface area contributed by atoms with Crippen LogP contribution in [0.1, 0.15) is 12.5 Å². The summed E-state index contributed by atoms with van der Waals surface area (Å²) in [5, 5.41) is 6.35. The first-order valence-electron chi connectivity index (χ1n) is 6.02. The predicted molar refractivity (Wildman–Crippen MR) is 77.6 cm³/mol. The lowest BCUT2D eigenvalue weighted by atomic mass is 10.2. The zero-order valence-electron chi connectivity index (χ0n) is 10.9. The van der Waals surface area contributed by atoms with E-state index < -0.39 is 0 Å². The van der Waals surface area contributed by atoms with E-state index in [-0.39, 0.29) is 5.82 Å². The number of guanidine groups is 1. The van der Waals surface area contributed by atoms with Crippen molar-refractivity contribution < 1.29 is 4.39 Å². The zero-order chi connectivity index (χ0) is 13.2. The van der Waals surface area contributed by atoms with Crippen molar-refractivity contribution in [1.29, 1.82) is 0 Å². The lowest BCUT2D eigenvalue weighted by Gasteiger charge is -2.10. The summed E-state index contributed by atoms with van der Waals surface area (Å²) in [6.07, 6.45) is 2.06. The molecule has 0 spiro atoms. The summed E-state index contributed by atoms with van der Waals surface area (Å²) in [4.78, 5) is 4.36. The Balaban J connectivity index is 2.56. The number of thioether (sulfide) groups is 1. The maximum atomic E-state index is 13.4. The number of hydrogen-bond acceptors (Lipinski definition) is 2. The Morgan fingerprint density at radius 2 is 2.11 bits per heavy atom. The average Bonchev–Trinajstić information content (AvgIpc) is 2.38. The van der Waals surface area contributed by atoms with Crippen molar-refractivity contribution in [3.63, 3.8) is 0 Å². The summed E-state index contributed by atoms with van der Waals surface area (Å²) in [6.45, 7) is 4.00. The van der Waals surface area contributed by atoms with Gasteiger partial charge in [-0.3, -0.25) is 0 Å². The van der Waals surface area contributed by atoms with Crippen LogP contribution in [0.25, 0.3) is 0 Å². The fourth-order valence-corrected chi connectivity index (χ4v) is 1.71. The van der Waals surface area contributed by atoms with E-state index in [4.69, 9.17) is 0 Å². The number of rotatable bonds is 6. The van der Waals surface area contributed by atoms with Crippen LogP contribution in [0.3, 0.4) is 0 Å². The molecule has 5 heteroatoms. The molecular formula is C13H20FN3S. The van der Waals surface area contributed by atoms with Gasteiger partial charge in [-0.05, 0) is 19.2 Å². The fraction of sp³-hybridized carbons (Fsp3) is 0.462. The minimum absolute atomic E-state index is 0.207. The fourth-order valence-electron chi connectivity index (χ4n) is 1.40. The van der Waals surface area contributed by atoms with Crippen molar-refractivity contribution in [2.45, 2.75) is 13.5 Å². The Kier molecular flexibility index (Phi) is 7.25. The summed E-state index contributed by atoms with van der Waals surface area (Å²) < 4.78 is 13.4. The highest BCUT2D eigenvalue weighted by molar-refractivity contribution is 7.98. The van der Waals surface area contributed by atoms with Gasteiger partial charge in [-0.25, -0.2) is 9.38 Å². The van der Waals surface area contributed by atoms with E-state index in [1.165, 1.54) is 6.07 Å². The summed E-state index contributed by atoms with van der Waals surface area (Å²) in [5.74, 6) is 1.54. The molecule has 18 heavy (non-hydrogen) atoms. The van der Waals surface area contributed by atoms with Gasteiger partial charge in [0.2, 0.25) is 0 Å². The largest absolute Gasteiger partial charge is 0.357 e. The second-order valence-electron chi connectivity index (χ2n) is 3.71. The van der Waals surface area contributed by atoms with Crippen molar-refractivity contribution in [3.8, 4) is 0 Å². The van der Waals surface area contributed by atoms with Crippen LogP contribution < -0.4 is 10.6 Å². The van der Waals surface area contributed by atoms with Gasteiger partial charge in [-0.2, -0.15) is 11.8 Å². The van der Waals surface area contributed by atoms with E-state index in [1.807, 2.05) is 13.0 Å². The van der Waals surface area contributed by atoms with Crippen molar-refractivity contribution in [3.05, 3.63) is 35.6 Å². The lowest BCUT2D eigenvalue weighted by molar-refractivity contribution is 0.610. The quantitative estimate of drug-likeness (QED) is 0.472. The summed E-state index contributed by atoms with van der Waals surface area (Å²) in [6, 6.07) is 6.72. The number of hydrogen-bond donors (Lipinski definition) is 2. The van der Waals surface area contributed by atoms with Gasteiger partial charge in [-0.15, -0.1) is 0 Å². The standard InChI is InChI=1S/C13H20FN3S/c1-3-15-13(16-8-9-18-2)17-10-11-6-4-5-7-12(11)14/h4-7H,3,8-10H2,1-2H3,(H2,15,16,17). The molecule has 0 heterocycles. The first-order chi connectivity index (χ1) is 8.77. The van der Waals surface area contributed by atoms with Crippen LogP contribution in [0.5, 0.6) is 0 Å². The summed E-state index contributed by atoms with van der Waals surface area (Å²) in [5.41, 5.74) is 0.611. The highest BCUT2D eigenvalue weighted by Crippen LogP contribution is 2.07. The highest BCUT2D eigenvalue weighted by Gasteiger charge is 2.00. The van der Waals surface area contributed by atoms with E-state index >= 15 is 0 Å². The van der Waals surface area contributed by atoms with Crippen LogP contribution in [0.15, 0.2) is 29.3 Å². The molecule has 1 rings (SSSR count). The highest BCUT2D eigenvalue weighted by atomic mass is 32.2. The van der Waals surface area contributed by atoms with E-state index in [2.05, 4.69) is 21.9 Å². The third-order valence-corrected chi connectivity index (χ3v) is 2.92. The SMILES string of the molecule is CCNC(=NCc1ccccc1F)NCCSC. The summed E-state index contributed by atoms with van der Waals surface area (Å²) in [7, 11) is 0. The van der Waals surface area contributed by atoms with Crippen LogP contribution in [0.2, 0.25) is 0 Å². The predicted octanol–water partition coefficient (Wildman–Crippen LogP) is 2.24. The molecule has 0 atom stereocenters. The number of halogens is 1. The minimum atomic E-state index is -0.207. The number of aliphatic imine (C=N–C) groups is 1. The molecule has 1 aromatic carbocycles. The maximum Gasteiger partial charge on any atom is 0.191 e. The molecule has 0 amide bonds. The topological polar surface area (TPSA) is 36.4 Å². The summed E-state index contributed by atoms with van der Waals surface area (Å²) >= 11 is 1.77. The number of benzene rings is 1. The van der Waals surface area contributed by atoms with E-state index in [0.29, 0.717) is 12.1 Å². The molecule has 3 nitrogen and oxygen atoms in total. The number of nitrogens with one attached hydrogen (secondary N) is 2. The van der Waals surface area contributed by atoms with Gasteiger partial charge in [-0.1, -0.05) is 18.2 Å². The van der Waals surface area contributed by atoms with Crippen molar-refractivity contribution in [1.82, 2.24) is 10.6 Å². The van der Waals surface area contributed by atoms with Crippen LogP contribution in [0, 0.1) is 5.82 Å². The molecule has 0 saturated carbocycles. The van der Waals surface area contributed by atoms with Gasteiger partial charge in [0.05, 0.1) is 6.54 Å². The Morgan fingerprint density at radius 1 is 1.33 bits per heavy atom. The Bertz CT molecular complexity index is 382. The molecule has 0 aliphatic carbocycles. The third kappa shape index (κ3) is 5.40. The molecule has 0 aromatic heterocycles. The molecular weight excluding hydrogens is 249 g/mol. The van der Waals surface area contributed by atoms with Crippen LogP contribution in [-0.2, 0) is 6.54 Å². The monoisotopic (exact) mass is 269 g/mol. The second-order valence-corrected chi connectivity index (χ2v) is 4.69. The average molecular weight is 269 g/mol. The molecule has 0 saturated heterocycles. The third-order valence-electron chi connectivity index (χ3n) is 2.31. The Morgan fingerprint density at radius 3 is 2.78 bits per heavy atom. The molecule has 0 fully saturated rings. The lowest BCUT2D eigenvalue weighted by Crippen LogP contribution is -2.38. The molecule has 100 valence electrons. The molecule has 0 aliphatic rings. The number of nitrogens with zero attached hydrogens (tertiary/aromatic N) is 1. The minimum Gasteiger partial charge on any atom is -0.357 e. The van der Waals surface area contributed by atoms with Crippen molar-refractivity contribution in [2.75, 3.05) is 25.1 Å².